The lowest BCUT2D eigenvalue weighted by Crippen LogP contribution is -1.92. The van der Waals surface area contributed by atoms with E-state index in [-0.39, 0.29) is 11.1 Å². The lowest BCUT2D eigenvalue weighted by molar-refractivity contribution is 0.519. The van der Waals surface area contributed by atoms with E-state index in [1.54, 1.807) is 0 Å². The second-order valence-electron chi connectivity index (χ2n) is 1.76. The van der Waals surface area contributed by atoms with Gasteiger partial charge < -0.3 is 4.42 Å². The molecule has 0 bridgehead atoms. The van der Waals surface area contributed by atoms with Crippen molar-refractivity contribution in [3.63, 3.8) is 0 Å². The van der Waals surface area contributed by atoms with Crippen LogP contribution in [0.3, 0.4) is 0 Å². The van der Waals surface area contributed by atoms with Gasteiger partial charge in [0.2, 0.25) is 9.05 Å². The third-order valence-electron chi connectivity index (χ3n) is 0.840. The minimum atomic E-state index is -3.58. The standard InChI is InChI=1S/C4H3Cl2NO3S/c5-4-7-1-3(10-4)2-11(6,8)9/h1H,2H2. The Morgan fingerprint density at radius 1 is 1.64 bits per heavy atom. The summed E-state index contributed by atoms with van der Waals surface area (Å²) in [5.41, 5.74) is 0. The average Bonchev–Trinajstić information content (AvgIpc) is 2.10. The monoisotopic (exact) mass is 215 g/mol. The molecule has 0 saturated heterocycles. The summed E-state index contributed by atoms with van der Waals surface area (Å²) in [4.78, 5) is 3.48. The van der Waals surface area contributed by atoms with Crippen molar-refractivity contribution in [3.05, 3.63) is 17.3 Å². The number of oxazole rings is 1. The number of hydrogen-bond donors (Lipinski definition) is 0. The van der Waals surface area contributed by atoms with Crippen LogP contribution in [0, 0.1) is 0 Å². The van der Waals surface area contributed by atoms with E-state index in [1.807, 2.05) is 0 Å². The second-order valence-corrected chi connectivity index (χ2v) is 4.86. The van der Waals surface area contributed by atoms with Crippen LogP contribution < -0.4 is 0 Å². The van der Waals surface area contributed by atoms with Gasteiger partial charge >= 0.3 is 0 Å². The molecule has 7 heteroatoms. The van der Waals surface area contributed by atoms with Crippen LogP contribution in [0.4, 0.5) is 0 Å². The summed E-state index contributed by atoms with van der Waals surface area (Å²) in [5.74, 6) is -0.265. The third-order valence-corrected chi connectivity index (χ3v) is 1.97. The Balaban J connectivity index is 2.81. The Hall–Kier alpha value is -0.260. The van der Waals surface area contributed by atoms with Gasteiger partial charge in [0.15, 0.2) is 0 Å². The van der Waals surface area contributed by atoms with E-state index in [0.29, 0.717) is 0 Å². The first-order valence-corrected chi connectivity index (χ1v) is 5.35. The Morgan fingerprint density at radius 3 is 2.64 bits per heavy atom. The van der Waals surface area contributed by atoms with Crippen molar-refractivity contribution in [2.45, 2.75) is 5.75 Å². The van der Waals surface area contributed by atoms with E-state index in [4.69, 9.17) is 22.3 Å². The molecule has 0 N–H and O–H groups in total. The van der Waals surface area contributed by atoms with Crippen molar-refractivity contribution in [2.75, 3.05) is 0 Å². The summed E-state index contributed by atoms with van der Waals surface area (Å²) < 4.78 is 25.5. The molecule has 0 unspecified atom stereocenters. The molecule has 0 atom stereocenters. The number of nitrogens with zero attached hydrogens (tertiary/aromatic N) is 1. The SMILES string of the molecule is O=S(=O)(Cl)Cc1cnc(Cl)o1. The average molecular weight is 216 g/mol. The normalized spacial score (nSPS) is 11.8. The molecule has 1 heterocycles. The zero-order chi connectivity index (χ0) is 8.48. The van der Waals surface area contributed by atoms with Crippen LogP contribution >= 0.6 is 22.3 Å². The molecule has 0 aliphatic heterocycles. The van der Waals surface area contributed by atoms with Gasteiger partial charge in [-0.15, -0.1) is 0 Å². The number of halogens is 2. The quantitative estimate of drug-likeness (QED) is 0.701. The predicted molar refractivity (Wildman–Crippen MR) is 40.0 cm³/mol. The van der Waals surface area contributed by atoms with Crippen molar-refractivity contribution in [1.29, 1.82) is 0 Å². The molecule has 0 spiro atoms. The van der Waals surface area contributed by atoms with Crippen molar-refractivity contribution >= 4 is 31.3 Å². The lowest BCUT2D eigenvalue weighted by atomic mass is 10.6. The minimum absolute atomic E-state index is 0.0969. The molecule has 0 amide bonds. The maximum absolute atomic E-state index is 10.4. The summed E-state index contributed by atoms with van der Waals surface area (Å²) in [5, 5.41) is -0.0969. The topological polar surface area (TPSA) is 60.2 Å². The highest BCUT2D eigenvalue weighted by Gasteiger charge is 2.10. The zero-order valence-corrected chi connectivity index (χ0v) is 7.45. The molecule has 0 aromatic carbocycles. The van der Waals surface area contributed by atoms with Crippen LogP contribution in [0.2, 0.25) is 5.35 Å². The van der Waals surface area contributed by atoms with E-state index in [2.05, 4.69) is 9.40 Å². The van der Waals surface area contributed by atoms with Gasteiger partial charge in [0, 0.05) is 10.7 Å². The number of hydrogen-bond acceptors (Lipinski definition) is 4. The zero-order valence-electron chi connectivity index (χ0n) is 5.12. The van der Waals surface area contributed by atoms with Gasteiger partial charge in [-0.25, -0.2) is 13.4 Å². The third kappa shape index (κ3) is 3.09. The number of aromatic nitrogens is 1. The van der Waals surface area contributed by atoms with E-state index < -0.39 is 14.8 Å². The van der Waals surface area contributed by atoms with Crippen LogP contribution in [0.5, 0.6) is 0 Å². The molecule has 1 rings (SSSR count). The van der Waals surface area contributed by atoms with Crippen LogP contribution in [0.15, 0.2) is 10.6 Å². The first kappa shape index (κ1) is 8.83. The van der Waals surface area contributed by atoms with Crippen LogP contribution in [-0.2, 0) is 14.8 Å². The maximum atomic E-state index is 10.4. The molecule has 62 valence electrons. The van der Waals surface area contributed by atoms with Crippen molar-refractivity contribution in [2.24, 2.45) is 0 Å². The highest BCUT2D eigenvalue weighted by atomic mass is 35.7. The minimum Gasteiger partial charge on any atom is -0.432 e. The lowest BCUT2D eigenvalue weighted by Gasteiger charge is -1.87. The molecule has 4 nitrogen and oxygen atoms in total. The molecule has 1 aromatic rings. The van der Waals surface area contributed by atoms with E-state index in [9.17, 15) is 8.42 Å². The van der Waals surface area contributed by atoms with Gasteiger partial charge in [-0.1, -0.05) is 0 Å². The molecule has 0 saturated carbocycles. The van der Waals surface area contributed by atoms with Gasteiger partial charge in [0.25, 0.3) is 5.35 Å². The smallest absolute Gasteiger partial charge is 0.292 e. The molecule has 1 aromatic heterocycles. The summed E-state index contributed by atoms with van der Waals surface area (Å²) in [6, 6.07) is 0. The van der Waals surface area contributed by atoms with Crippen molar-refractivity contribution in [3.8, 4) is 0 Å². The predicted octanol–water partition coefficient (Wildman–Crippen LogP) is 1.40. The van der Waals surface area contributed by atoms with Crippen LogP contribution in [-0.4, -0.2) is 13.4 Å². The fourth-order valence-corrected chi connectivity index (χ4v) is 1.46. The van der Waals surface area contributed by atoms with Gasteiger partial charge in [-0.05, 0) is 11.6 Å². The molecule has 0 radical (unpaired) electrons. The first-order chi connectivity index (χ1) is 4.97. The van der Waals surface area contributed by atoms with Crippen LogP contribution in [0.25, 0.3) is 0 Å². The van der Waals surface area contributed by atoms with Gasteiger partial charge in [-0.2, -0.15) is 0 Å². The number of rotatable bonds is 2. The van der Waals surface area contributed by atoms with E-state index >= 15 is 0 Å². The highest BCUT2D eigenvalue weighted by Crippen LogP contribution is 2.13. The first-order valence-electron chi connectivity index (χ1n) is 2.50. The van der Waals surface area contributed by atoms with Gasteiger partial charge in [0.05, 0.1) is 6.20 Å². The fourth-order valence-electron chi connectivity index (χ4n) is 0.520. The second kappa shape index (κ2) is 3.00. The highest BCUT2D eigenvalue weighted by molar-refractivity contribution is 8.13. The molecule has 0 fully saturated rings. The van der Waals surface area contributed by atoms with E-state index in [0.717, 1.165) is 0 Å². The summed E-state index contributed by atoms with van der Waals surface area (Å²) >= 11 is 5.27. The molecule has 11 heavy (non-hydrogen) atoms. The molecule has 0 aliphatic rings. The van der Waals surface area contributed by atoms with Crippen molar-refractivity contribution in [1.82, 2.24) is 4.98 Å². The van der Waals surface area contributed by atoms with Crippen LogP contribution in [0.1, 0.15) is 5.76 Å². The largest absolute Gasteiger partial charge is 0.432 e. The molecule has 0 aliphatic carbocycles. The fraction of sp³-hybridized carbons (Fsp3) is 0.250. The Kier molecular flexibility index (Phi) is 2.41. The summed E-state index contributed by atoms with van der Waals surface area (Å²) in [7, 11) is 1.33. The van der Waals surface area contributed by atoms with Gasteiger partial charge in [-0.3, -0.25) is 0 Å². The van der Waals surface area contributed by atoms with E-state index in [1.165, 1.54) is 6.20 Å². The Bertz CT molecular complexity index is 344. The Labute approximate surface area is 72.5 Å². The molecular formula is C4H3Cl2NO3S. The summed E-state index contributed by atoms with van der Waals surface area (Å²) in [6.07, 6.45) is 1.21. The molecular weight excluding hydrogens is 213 g/mol. The summed E-state index contributed by atoms with van der Waals surface area (Å²) in [6.45, 7) is 0. The van der Waals surface area contributed by atoms with Gasteiger partial charge in [0.1, 0.15) is 11.5 Å². The Morgan fingerprint density at radius 2 is 2.27 bits per heavy atom. The van der Waals surface area contributed by atoms with Crippen molar-refractivity contribution < 1.29 is 12.8 Å². The maximum Gasteiger partial charge on any atom is 0.292 e.